The molecule has 0 aliphatic heterocycles. The summed E-state index contributed by atoms with van der Waals surface area (Å²) in [5.74, 6) is -1.04. The van der Waals surface area contributed by atoms with Crippen LogP contribution in [0.2, 0.25) is 0 Å². The molecule has 0 fully saturated rings. The molecule has 0 saturated heterocycles. The van der Waals surface area contributed by atoms with Crippen LogP contribution in [0, 0.1) is 0 Å². The summed E-state index contributed by atoms with van der Waals surface area (Å²) in [4.78, 5) is 15.4. The van der Waals surface area contributed by atoms with Gasteiger partial charge >= 0.3 is 5.97 Å². The predicted molar refractivity (Wildman–Crippen MR) is 51.0 cm³/mol. The van der Waals surface area contributed by atoms with Crippen LogP contribution in [0.4, 0.5) is 5.69 Å². The van der Waals surface area contributed by atoms with Crippen LogP contribution in [-0.4, -0.2) is 16.1 Å². The number of nitrogens with zero attached hydrogens (tertiary/aromatic N) is 1. The van der Waals surface area contributed by atoms with Crippen molar-refractivity contribution in [3.63, 3.8) is 0 Å². The number of aromatic carboxylic acids is 1. The van der Waals surface area contributed by atoms with Gasteiger partial charge in [0.05, 0.1) is 5.69 Å². The number of nitrogens with two attached hydrogens (primary N) is 1. The van der Waals surface area contributed by atoms with Gasteiger partial charge in [-0.1, -0.05) is 0 Å². The third-order valence-electron chi connectivity index (χ3n) is 1.77. The number of carboxylic acids is 1. The first-order chi connectivity index (χ1) is 6.20. The standard InChI is InChI=1S/C8H6N2O2S/c9-6-4-1-2-13-7(4)10-3-5(6)8(11)12/h1-3H,(H2,9,10)(H,11,12). The summed E-state index contributed by atoms with van der Waals surface area (Å²) < 4.78 is 0. The molecule has 2 heterocycles. The van der Waals surface area contributed by atoms with Crippen molar-refractivity contribution in [1.82, 2.24) is 4.98 Å². The Labute approximate surface area is 77.6 Å². The molecule has 0 atom stereocenters. The Kier molecular flexibility index (Phi) is 1.66. The highest BCUT2D eigenvalue weighted by Crippen LogP contribution is 2.26. The first-order valence-corrected chi connectivity index (χ1v) is 4.43. The Balaban J connectivity index is 2.80. The quantitative estimate of drug-likeness (QED) is 0.722. The molecule has 2 rings (SSSR count). The van der Waals surface area contributed by atoms with Crippen molar-refractivity contribution < 1.29 is 9.90 Å². The first-order valence-electron chi connectivity index (χ1n) is 3.55. The van der Waals surface area contributed by atoms with Crippen molar-refractivity contribution in [2.45, 2.75) is 0 Å². The fraction of sp³-hybridized carbons (Fsp3) is 0. The second-order valence-corrected chi connectivity index (χ2v) is 3.42. The second-order valence-electron chi connectivity index (χ2n) is 2.53. The van der Waals surface area contributed by atoms with Crippen LogP contribution in [0.15, 0.2) is 17.6 Å². The van der Waals surface area contributed by atoms with E-state index in [1.807, 2.05) is 5.38 Å². The van der Waals surface area contributed by atoms with Crippen LogP contribution < -0.4 is 5.73 Å². The van der Waals surface area contributed by atoms with Gasteiger partial charge in [0, 0.05) is 11.6 Å². The maximum atomic E-state index is 10.7. The SMILES string of the molecule is Nc1c(C(=O)O)cnc2sccc12. The van der Waals surface area contributed by atoms with E-state index in [4.69, 9.17) is 10.8 Å². The van der Waals surface area contributed by atoms with Gasteiger partial charge in [-0.2, -0.15) is 0 Å². The molecule has 0 saturated carbocycles. The van der Waals surface area contributed by atoms with Gasteiger partial charge in [0.1, 0.15) is 10.4 Å². The summed E-state index contributed by atoms with van der Waals surface area (Å²) in [7, 11) is 0. The summed E-state index contributed by atoms with van der Waals surface area (Å²) in [5.41, 5.74) is 6.00. The van der Waals surface area contributed by atoms with E-state index in [0.717, 1.165) is 4.83 Å². The third-order valence-corrected chi connectivity index (χ3v) is 2.59. The number of thiophene rings is 1. The zero-order valence-electron chi connectivity index (χ0n) is 6.52. The maximum absolute atomic E-state index is 10.7. The molecule has 13 heavy (non-hydrogen) atoms. The van der Waals surface area contributed by atoms with Gasteiger partial charge in [0.15, 0.2) is 0 Å². The van der Waals surface area contributed by atoms with Crippen molar-refractivity contribution in [1.29, 1.82) is 0 Å². The lowest BCUT2D eigenvalue weighted by atomic mass is 10.2. The molecular weight excluding hydrogens is 188 g/mol. The normalized spacial score (nSPS) is 10.5. The van der Waals surface area contributed by atoms with E-state index in [1.54, 1.807) is 6.07 Å². The van der Waals surface area contributed by atoms with Crippen LogP contribution in [-0.2, 0) is 0 Å². The number of aromatic nitrogens is 1. The zero-order chi connectivity index (χ0) is 9.42. The minimum atomic E-state index is -1.04. The van der Waals surface area contributed by atoms with E-state index in [0.29, 0.717) is 11.1 Å². The van der Waals surface area contributed by atoms with Crippen molar-refractivity contribution in [3.8, 4) is 0 Å². The third kappa shape index (κ3) is 1.13. The molecule has 5 heteroatoms. The maximum Gasteiger partial charge on any atom is 0.339 e. The first kappa shape index (κ1) is 8.00. The molecule has 0 amide bonds. The van der Waals surface area contributed by atoms with Crippen molar-refractivity contribution >= 4 is 33.2 Å². The van der Waals surface area contributed by atoms with Gasteiger partial charge in [-0.25, -0.2) is 9.78 Å². The molecule has 0 aromatic carbocycles. The van der Waals surface area contributed by atoms with Gasteiger partial charge in [-0.15, -0.1) is 11.3 Å². The Morgan fingerprint density at radius 1 is 1.62 bits per heavy atom. The predicted octanol–water partition coefficient (Wildman–Crippen LogP) is 1.58. The molecular formula is C8H6N2O2S. The zero-order valence-corrected chi connectivity index (χ0v) is 7.34. The van der Waals surface area contributed by atoms with E-state index in [9.17, 15) is 4.79 Å². The molecule has 0 aliphatic rings. The Morgan fingerprint density at radius 3 is 3.08 bits per heavy atom. The van der Waals surface area contributed by atoms with E-state index in [1.165, 1.54) is 17.5 Å². The molecule has 0 spiro atoms. The Bertz CT molecular complexity index is 478. The van der Waals surface area contributed by atoms with Crippen LogP contribution in [0.3, 0.4) is 0 Å². The van der Waals surface area contributed by atoms with Gasteiger partial charge in [-0.05, 0) is 11.4 Å². The molecule has 66 valence electrons. The summed E-state index contributed by atoms with van der Waals surface area (Å²) in [6.07, 6.45) is 1.29. The largest absolute Gasteiger partial charge is 0.478 e. The molecule has 0 radical (unpaired) electrons. The van der Waals surface area contributed by atoms with Crippen molar-refractivity contribution in [3.05, 3.63) is 23.2 Å². The molecule has 2 aromatic heterocycles. The van der Waals surface area contributed by atoms with Crippen LogP contribution in [0.25, 0.3) is 10.2 Å². The van der Waals surface area contributed by atoms with E-state index in [2.05, 4.69) is 4.98 Å². The average Bonchev–Trinajstić information content (AvgIpc) is 2.52. The Morgan fingerprint density at radius 2 is 2.38 bits per heavy atom. The highest BCUT2D eigenvalue weighted by atomic mass is 32.1. The number of hydrogen-bond donors (Lipinski definition) is 2. The number of rotatable bonds is 1. The lowest BCUT2D eigenvalue weighted by Gasteiger charge is -1.99. The van der Waals surface area contributed by atoms with Crippen LogP contribution in [0.5, 0.6) is 0 Å². The smallest absolute Gasteiger partial charge is 0.339 e. The minimum absolute atomic E-state index is 0.0610. The Hall–Kier alpha value is -1.62. The monoisotopic (exact) mass is 194 g/mol. The van der Waals surface area contributed by atoms with Gasteiger partial charge in [0.2, 0.25) is 0 Å². The number of fused-ring (bicyclic) bond motifs is 1. The number of hydrogen-bond acceptors (Lipinski definition) is 4. The van der Waals surface area contributed by atoms with Gasteiger partial charge in [0.25, 0.3) is 0 Å². The number of carbonyl (C=O) groups is 1. The average molecular weight is 194 g/mol. The summed E-state index contributed by atoms with van der Waals surface area (Å²) >= 11 is 1.44. The van der Waals surface area contributed by atoms with E-state index >= 15 is 0 Å². The van der Waals surface area contributed by atoms with Crippen molar-refractivity contribution in [2.75, 3.05) is 5.73 Å². The van der Waals surface area contributed by atoms with Gasteiger partial charge in [-0.3, -0.25) is 0 Å². The van der Waals surface area contributed by atoms with Crippen LogP contribution in [0.1, 0.15) is 10.4 Å². The summed E-state index contributed by atoms with van der Waals surface area (Å²) in [6.45, 7) is 0. The van der Waals surface area contributed by atoms with Crippen LogP contribution >= 0.6 is 11.3 Å². The molecule has 2 aromatic rings. The molecule has 0 unspecified atom stereocenters. The number of anilines is 1. The van der Waals surface area contributed by atoms with Gasteiger partial charge < -0.3 is 10.8 Å². The number of carboxylic acid groups (broad SMARTS) is 1. The summed E-state index contributed by atoms with van der Waals surface area (Å²) in [6, 6.07) is 1.77. The topological polar surface area (TPSA) is 76.2 Å². The molecule has 3 N–H and O–H groups in total. The van der Waals surface area contributed by atoms with Crippen molar-refractivity contribution in [2.24, 2.45) is 0 Å². The fourth-order valence-corrected chi connectivity index (χ4v) is 1.87. The minimum Gasteiger partial charge on any atom is -0.478 e. The highest BCUT2D eigenvalue weighted by molar-refractivity contribution is 7.16. The lowest BCUT2D eigenvalue weighted by molar-refractivity contribution is 0.0698. The van der Waals surface area contributed by atoms with E-state index < -0.39 is 5.97 Å². The second kappa shape index (κ2) is 2.70. The fourth-order valence-electron chi connectivity index (χ4n) is 1.11. The molecule has 0 aliphatic carbocycles. The highest BCUT2D eigenvalue weighted by Gasteiger charge is 2.11. The number of pyridine rings is 1. The van der Waals surface area contributed by atoms with E-state index in [-0.39, 0.29) is 5.56 Å². The summed E-state index contributed by atoms with van der Waals surface area (Å²) in [5, 5.41) is 11.3. The number of nitrogen functional groups attached to an aromatic ring is 1. The molecule has 0 bridgehead atoms. The lowest BCUT2D eigenvalue weighted by Crippen LogP contribution is -2.02. The molecule has 4 nitrogen and oxygen atoms in total.